The summed E-state index contributed by atoms with van der Waals surface area (Å²) < 4.78 is 17.0. The van der Waals surface area contributed by atoms with Gasteiger partial charge in [-0.15, -0.1) is 0 Å². The Morgan fingerprint density at radius 3 is 2.73 bits per heavy atom. The van der Waals surface area contributed by atoms with Gasteiger partial charge < -0.3 is 24.4 Å². The van der Waals surface area contributed by atoms with Crippen LogP contribution in [0.25, 0.3) is 0 Å². The molecule has 168 valence electrons. The van der Waals surface area contributed by atoms with Crippen molar-refractivity contribution in [3.8, 4) is 5.75 Å². The van der Waals surface area contributed by atoms with Crippen molar-refractivity contribution >= 4 is 5.96 Å². The molecule has 1 aromatic rings. The van der Waals surface area contributed by atoms with Gasteiger partial charge in [0.25, 0.3) is 0 Å². The fraction of sp³-hybridized carbons (Fsp3) is 0.696. The molecule has 30 heavy (non-hydrogen) atoms. The number of aliphatic imine (C=N–C) groups is 1. The molecular weight excluding hydrogens is 380 g/mol. The van der Waals surface area contributed by atoms with E-state index >= 15 is 0 Å². The van der Waals surface area contributed by atoms with Gasteiger partial charge in [-0.2, -0.15) is 0 Å². The Bertz CT molecular complexity index is 600. The zero-order valence-corrected chi connectivity index (χ0v) is 18.4. The van der Waals surface area contributed by atoms with Crippen molar-refractivity contribution in [1.82, 2.24) is 15.1 Å². The second-order valence-corrected chi connectivity index (χ2v) is 7.88. The third kappa shape index (κ3) is 8.13. The lowest BCUT2D eigenvalue weighted by Crippen LogP contribution is -2.53. The number of hydrogen-bond donors (Lipinski definition) is 1. The van der Waals surface area contributed by atoms with Gasteiger partial charge in [-0.1, -0.05) is 18.2 Å². The summed E-state index contributed by atoms with van der Waals surface area (Å²) in [6.45, 7) is 12.9. The first-order valence-corrected chi connectivity index (χ1v) is 11.4. The minimum atomic E-state index is 0.584. The number of ether oxygens (including phenoxy) is 3. The zero-order chi connectivity index (χ0) is 20.9. The molecule has 1 aromatic carbocycles. The summed E-state index contributed by atoms with van der Waals surface area (Å²) in [5, 5.41) is 3.44. The molecule has 1 unspecified atom stereocenters. The average molecular weight is 419 g/mol. The van der Waals surface area contributed by atoms with Crippen LogP contribution in [0.3, 0.4) is 0 Å². The Morgan fingerprint density at radius 1 is 1.17 bits per heavy atom. The molecule has 2 aliphatic rings. The van der Waals surface area contributed by atoms with Crippen LogP contribution >= 0.6 is 0 Å². The van der Waals surface area contributed by atoms with E-state index in [1.54, 1.807) is 0 Å². The van der Waals surface area contributed by atoms with E-state index in [1.807, 2.05) is 30.3 Å². The smallest absolute Gasteiger partial charge is 0.194 e. The lowest BCUT2D eigenvalue weighted by molar-refractivity contribution is 0.0892. The van der Waals surface area contributed by atoms with Gasteiger partial charge in [-0.3, -0.25) is 9.89 Å². The molecule has 7 nitrogen and oxygen atoms in total. The summed E-state index contributed by atoms with van der Waals surface area (Å²) >= 11 is 0. The van der Waals surface area contributed by atoms with Crippen molar-refractivity contribution in [2.24, 2.45) is 10.9 Å². The summed E-state index contributed by atoms with van der Waals surface area (Å²) in [6, 6.07) is 10.0. The highest BCUT2D eigenvalue weighted by Gasteiger charge is 2.19. The zero-order valence-electron chi connectivity index (χ0n) is 18.4. The molecule has 3 rings (SSSR count). The standard InChI is InChI=1S/C23H38N4O3/c1-2-24-23(25-10-6-16-28-19-21-9-17-29-20-21)27-13-11-26(12-14-27)15-18-30-22-7-4-3-5-8-22/h3-5,7-8,21H,2,6,9-20H2,1H3,(H,24,25). The third-order valence-corrected chi connectivity index (χ3v) is 5.51. The van der Waals surface area contributed by atoms with Crippen LogP contribution in [0.4, 0.5) is 0 Å². The molecule has 1 atom stereocenters. The fourth-order valence-electron chi connectivity index (χ4n) is 3.73. The van der Waals surface area contributed by atoms with Gasteiger partial charge >= 0.3 is 0 Å². The number of nitrogens with zero attached hydrogens (tertiary/aromatic N) is 3. The molecule has 2 saturated heterocycles. The Hall–Kier alpha value is -1.83. The second-order valence-electron chi connectivity index (χ2n) is 7.88. The van der Waals surface area contributed by atoms with Crippen LogP contribution in [0, 0.1) is 5.92 Å². The van der Waals surface area contributed by atoms with E-state index in [0.29, 0.717) is 5.92 Å². The molecule has 7 heteroatoms. The first-order chi connectivity index (χ1) is 14.8. The van der Waals surface area contributed by atoms with Crippen molar-refractivity contribution < 1.29 is 14.2 Å². The van der Waals surface area contributed by atoms with Gasteiger partial charge in [0.1, 0.15) is 12.4 Å². The predicted molar refractivity (Wildman–Crippen MR) is 120 cm³/mol. The molecule has 0 radical (unpaired) electrons. The monoisotopic (exact) mass is 418 g/mol. The fourth-order valence-corrected chi connectivity index (χ4v) is 3.73. The third-order valence-electron chi connectivity index (χ3n) is 5.51. The van der Waals surface area contributed by atoms with E-state index in [1.165, 1.54) is 0 Å². The number of rotatable bonds is 11. The second kappa shape index (κ2) is 13.5. The summed E-state index contributed by atoms with van der Waals surface area (Å²) in [5.41, 5.74) is 0. The highest BCUT2D eigenvalue weighted by Crippen LogP contribution is 2.12. The number of para-hydroxylation sites is 1. The largest absolute Gasteiger partial charge is 0.492 e. The Morgan fingerprint density at radius 2 is 2.00 bits per heavy atom. The van der Waals surface area contributed by atoms with Crippen LogP contribution in [-0.2, 0) is 9.47 Å². The maximum absolute atomic E-state index is 5.83. The summed E-state index contributed by atoms with van der Waals surface area (Å²) in [7, 11) is 0. The van der Waals surface area contributed by atoms with Crippen LogP contribution in [-0.4, -0.2) is 94.6 Å². The highest BCUT2D eigenvalue weighted by atomic mass is 16.5. The van der Waals surface area contributed by atoms with Crippen LogP contribution in [0.2, 0.25) is 0 Å². The van der Waals surface area contributed by atoms with E-state index < -0.39 is 0 Å². The van der Waals surface area contributed by atoms with Gasteiger partial charge in [-0.05, 0) is 31.9 Å². The highest BCUT2D eigenvalue weighted by molar-refractivity contribution is 5.80. The van der Waals surface area contributed by atoms with Gasteiger partial charge in [0.2, 0.25) is 0 Å². The Balaban J connectivity index is 1.30. The van der Waals surface area contributed by atoms with Crippen LogP contribution in [0.1, 0.15) is 19.8 Å². The molecule has 2 fully saturated rings. The summed E-state index contributed by atoms with van der Waals surface area (Å²) in [6.07, 6.45) is 2.09. The average Bonchev–Trinajstić information content (AvgIpc) is 3.30. The van der Waals surface area contributed by atoms with Crippen molar-refractivity contribution in [1.29, 1.82) is 0 Å². The number of hydrogen-bond acceptors (Lipinski definition) is 5. The van der Waals surface area contributed by atoms with Crippen LogP contribution < -0.4 is 10.1 Å². The van der Waals surface area contributed by atoms with E-state index in [2.05, 4.69) is 22.0 Å². The van der Waals surface area contributed by atoms with E-state index in [-0.39, 0.29) is 0 Å². The number of guanidine groups is 1. The summed E-state index contributed by atoms with van der Waals surface area (Å²) in [5.74, 6) is 2.56. The Labute approximate surface area is 181 Å². The van der Waals surface area contributed by atoms with Crippen molar-refractivity contribution in [3.63, 3.8) is 0 Å². The lowest BCUT2D eigenvalue weighted by atomic mass is 10.1. The van der Waals surface area contributed by atoms with E-state index in [4.69, 9.17) is 19.2 Å². The molecule has 1 N–H and O–H groups in total. The maximum atomic E-state index is 5.83. The first-order valence-electron chi connectivity index (χ1n) is 11.4. The Kier molecular flexibility index (Phi) is 10.3. The molecule has 2 heterocycles. The molecular formula is C23H38N4O3. The van der Waals surface area contributed by atoms with Crippen LogP contribution in [0.15, 0.2) is 35.3 Å². The molecule has 0 aliphatic carbocycles. The molecule has 0 aromatic heterocycles. The quantitative estimate of drug-likeness (QED) is 0.337. The van der Waals surface area contributed by atoms with E-state index in [9.17, 15) is 0 Å². The number of piperazine rings is 1. The van der Waals surface area contributed by atoms with Crippen molar-refractivity contribution in [3.05, 3.63) is 30.3 Å². The van der Waals surface area contributed by atoms with E-state index in [0.717, 1.165) is 103 Å². The van der Waals surface area contributed by atoms with Crippen molar-refractivity contribution in [2.75, 3.05) is 78.8 Å². The number of nitrogens with one attached hydrogen (secondary N) is 1. The molecule has 2 aliphatic heterocycles. The van der Waals surface area contributed by atoms with Gasteiger partial charge in [0, 0.05) is 64.9 Å². The molecule has 0 amide bonds. The SMILES string of the molecule is CCNC(=NCCCOCC1CCOC1)N1CCN(CCOc2ccccc2)CC1. The maximum Gasteiger partial charge on any atom is 0.194 e. The van der Waals surface area contributed by atoms with Crippen molar-refractivity contribution in [2.45, 2.75) is 19.8 Å². The number of benzene rings is 1. The predicted octanol–water partition coefficient (Wildman–Crippen LogP) is 2.09. The van der Waals surface area contributed by atoms with Crippen LogP contribution in [0.5, 0.6) is 5.75 Å². The molecule has 0 saturated carbocycles. The lowest BCUT2D eigenvalue weighted by Gasteiger charge is -2.36. The van der Waals surface area contributed by atoms with Gasteiger partial charge in [0.05, 0.1) is 13.2 Å². The molecule has 0 spiro atoms. The van der Waals surface area contributed by atoms with Gasteiger partial charge in [0.15, 0.2) is 5.96 Å². The summed E-state index contributed by atoms with van der Waals surface area (Å²) in [4.78, 5) is 9.65. The molecule has 0 bridgehead atoms. The normalized spacial score (nSPS) is 20.5. The van der Waals surface area contributed by atoms with Gasteiger partial charge in [-0.25, -0.2) is 0 Å². The minimum absolute atomic E-state index is 0.584. The topological polar surface area (TPSA) is 58.6 Å². The first kappa shape index (κ1) is 22.8. The minimum Gasteiger partial charge on any atom is -0.492 e.